The van der Waals surface area contributed by atoms with Crippen molar-refractivity contribution in [1.82, 2.24) is 0 Å². The van der Waals surface area contributed by atoms with E-state index in [0.717, 1.165) is 38.9 Å². The van der Waals surface area contributed by atoms with Crippen LogP contribution in [-0.2, 0) is 105 Å². The number of fused-ring (bicyclic) bond motifs is 3. The van der Waals surface area contributed by atoms with Gasteiger partial charge in [-0.05, 0) is 38.9 Å². The Labute approximate surface area is 306 Å². The molecule has 3 heterocycles. The molecule has 278 valence electrons. The van der Waals surface area contributed by atoms with Crippen molar-refractivity contribution in [2.75, 3.05) is 0 Å². The fraction of sp³-hybridized carbons (Fsp3) is 0.297. The lowest BCUT2D eigenvalue weighted by atomic mass is 9.96. The molecule has 13 nitrogen and oxygen atoms in total. The summed E-state index contributed by atoms with van der Waals surface area (Å²) in [5, 5.41) is 0. The van der Waals surface area contributed by atoms with Crippen LogP contribution in [0.25, 0.3) is 0 Å². The zero-order valence-corrected chi connectivity index (χ0v) is 31.1. The van der Waals surface area contributed by atoms with Gasteiger partial charge in [-0.1, -0.05) is 115 Å². The van der Waals surface area contributed by atoms with Crippen molar-refractivity contribution in [3.8, 4) is 0 Å². The first-order valence-electron chi connectivity index (χ1n) is 17.0. The topological polar surface area (TPSA) is 144 Å². The second-order valence-corrected chi connectivity index (χ2v) is 17.5. The molecule has 4 aliphatic rings. The predicted molar refractivity (Wildman–Crippen MR) is 190 cm³/mol. The van der Waals surface area contributed by atoms with E-state index in [4.69, 9.17) is 45.5 Å². The highest BCUT2D eigenvalue weighted by molar-refractivity contribution is 7.49. The average molecular weight is 783 g/mol. The highest BCUT2D eigenvalue weighted by Gasteiger charge is 2.51. The van der Waals surface area contributed by atoms with Crippen molar-refractivity contribution in [2.45, 2.75) is 70.7 Å². The molecule has 8 rings (SSSR count). The minimum atomic E-state index is -4.44. The normalized spacial score (nSPS) is 25.8. The van der Waals surface area contributed by atoms with Crippen LogP contribution in [0.1, 0.15) is 38.9 Å². The first-order chi connectivity index (χ1) is 25.8. The number of ether oxygens (including phenoxy) is 1. The van der Waals surface area contributed by atoms with Crippen LogP contribution in [0.15, 0.2) is 115 Å². The van der Waals surface area contributed by atoms with Crippen LogP contribution in [-0.4, -0.2) is 24.4 Å². The summed E-state index contributed by atoms with van der Waals surface area (Å²) in [6, 6.07) is 31.4. The lowest BCUT2D eigenvalue weighted by molar-refractivity contribution is -0.111. The minimum absolute atomic E-state index is 0.0570. The van der Waals surface area contributed by atoms with Gasteiger partial charge >= 0.3 is 23.5 Å². The molecular formula is C37H37O13P3. The largest absolute Gasteiger partial charge is 0.476 e. The number of phosphoric ester groups is 3. The number of phosphoric acid groups is 3. The number of hydrogen-bond acceptors (Lipinski definition) is 13. The van der Waals surface area contributed by atoms with Crippen LogP contribution in [0.2, 0.25) is 0 Å². The molecule has 0 aromatic heterocycles. The van der Waals surface area contributed by atoms with E-state index in [1.54, 1.807) is 6.08 Å². The first-order valence-corrected chi connectivity index (χ1v) is 21.4. The Bertz CT molecular complexity index is 2000. The van der Waals surface area contributed by atoms with Crippen LogP contribution in [0.4, 0.5) is 0 Å². The average Bonchev–Trinajstić information content (AvgIpc) is 3.55. The van der Waals surface area contributed by atoms with Crippen LogP contribution in [0, 0.1) is 0 Å². The lowest BCUT2D eigenvalue weighted by Crippen LogP contribution is -2.50. The van der Waals surface area contributed by atoms with Gasteiger partial charge < -0.3 is 4.74 Å². The van der Waals surface area contributed by atoms with E-state index in [-0.39, 0.29) is 46.2 Å². The van der Waals surface area contributed by atoms with Gasteiger partial charge in [-0.15, -0.1) is 0 Å². The molecule has 4 atom stereocenters. The van der Waals surface area contributed by atoms with Crippen molar-refractivity contribution in [3.05, 3.63) is 154 Å². The summed E-state index contributed by atoms with van der Waals surface area (Å²) in [4.78, 5) is 0. The monoisotopic (exact) mass is 782 g/mol. The molecule has 3 aliphatic heterocycles. The Morgan fingerprint density at radius 3 is 1.15 bits per heavy atom. The maximum Gasteiger partial charge on any atom is 0.476 e. The molecule has 0 saturated heterocycles. The molecule has 1 aliphatic carbocycles. The molecule has 0 N–H and O–H groups in total. The van der Waals surface area contributed by atoms with E-state index >= 15 is 0 Å². The summed E-state index contributed by atoms with van der Waals surface area (Å²) in [6.45, 7) is -0.333. The molecule has 0 radical (unpaired) electrons. The van der Waals surface area contributed by atoms with Crippen molar-refractivity contribution < 1.29 is 59.1 Å². The van der Waals surface area contributed by atoms with E-state index in [2.05, 4.69) is 0 Å². The van der Waals surface area contributed by atoms with Crippen molar-refractivity contribution in [2.24, 2.45) is 0 Å². The minimum Gasteiger partial charge on any atom is -0.367 e. The number of hydrogen-bond donors (Lipinski definition) is 0. The van der Waals surface area contributed by atoms with E-state index in [1.165, 1.54) is 6.08 Å². The molecule has 16 heteroatoms. The van der Waals surface area contributed by atoms with Gasteiger partial charge in [-0.2, -0.15) is 0 Å². The van der Waals surface area contributed by atoms with Crippen LogP contribution >= 0.6 is 23.5 Å². The molecule has 53 heavy (non-hydrogen) atoms. The molecule has 0 amide bonds. The second-order valence-electron chi connectivity index (χ2n) is 12.6. The molecule has 0 unspecified atom stereocenters. The molecule has 0 saturated carbocycles. The second kappa shape index (κ2) is 15.9. The SMILES string of the molecule is O=P1(O[C@H]2[C@H](OP3(=O)OCc4ccccc4CO3)[C@@H](OP3(=O)OCc4ccccc4CO3)C=C[C@@H]2OCc2ccccc2)OCc2ccccc2CO1. The fourth-order valence-corrected chi connectivity index (χ4v) is 10.2. The quantitative estimate of drug-likeness (QED) is 0.118. The van der Waals surface area contributed by atoms with Gasteiger partial charge in [-0.25, -0.2) is 13.7 Å². The maximum atomic E-state index is 14.4. The predicted octanol–water partition coefficient (Wildman–Crippen LogP) is 8.86. The summed E-state index contributed by atoms with van der Waals surface area (Å²) in [6.07, 6.45) is -2.18. The maximum absolute atomic E-state index is 14.4. The molecule has 4 aromatic carbocycles. The van der Waals surface area contributed by atoms with Crippen LogP contribution in [0.3, 0.4) is 0 Å². The zero-order chi connectivity index (χ0) is 36.3. The number of rotatable bonds is 9. The highest BCUT2D eigenvalue weighted by Crippen LogP contribution is 2.61. The smallest absolute Gasteiger partial charge is 0.367 e. The Kier molecular flexibility index (Phi) is 11.1. The van der Waals surface area contributed by atoms with Crippen molar-refractivity contribution in [3.63, 3.8) is 0 Å². The summed E-state index contributed by atoms with van der Waals surface area (Å²) in [7, 11) is -13.2. The fourth-order valence-electron chi connectivity index (χ4n) is 6.21. The van der Waals surface area contributed by atoms with Gasteiger partial charge in [0.25, 0.3) is 0 Å². The Morgan fingerprint density at radius 1 is 0.434 bits per heavy atom. The van der Waals surface area contributed by atoms with E-state index in [0.29, 0.717) is 0 Å². The molecule has 0 bridgehead atoms. The van der Waals surface area contributed by atoms with Gasteiger partial charge in [0.1, 0.15) is 24.4 Å². The third kappa shape index (κ3) is 8.75. The zero-order valence-electron chi connectivity index (χ0n) is 28.4. The first kappa shape index (κ1) is 36.9. The number of benzene rings is 4. The van der Waals surface area contributed by atoms with E-state index in [1.807, 2.05) is 103 Å². The van der Waals surface area contributed by atoms with Gasteiger partial charge in [0.2, 0.25) is 0 Å². The Balaban J connectivity index is 1.13. The summed E-state index contributed by atoms with van der Waals surface area (Å²) < 4.78 is 103. The van der Waals surface area contributed by atoms with Crippen LogP contribution < -0.4 is 0 Å². The molecule has 4 aromatic rings. The Hall–Kier alpha value is -3.09. The summed E-state index contributed by atoms with van der Waals surface area (Å²) >= 11 is 0. The molecule has 0 spiro atoms. The summed E-state index contributed by atoms with van der Waals surface area (Å²) in [5.74, 6) is 0. The van der Waals surface area contributed by atoms with Crippen molar-refractivity contribution >= 4 is 23.5 Å². The van der Waals surface area contributed by atoms with E-state index < -0.39 is 47.9 Å². The standard InChI is InChI=1S/C37H37O13P3/c38-51(42-21-28-12-4-5-13-29(28)22-43-51)48-35-19-18-34(41-20-27-10-2-1-3-11-27)36(49-52(39)44-23-30-14-6-7-15-31(30)24-45-52)37(35)50-53(40)46-25-32-16-8-9-17-33(32)26-47-53/h1-19,34-37H,20-26H2/t34-,35-,36+,37+/m0/s1. The van der Waals surface area contributed by atoms with Crippen molar-refractivity contribution in [1.29, 1.82) is 0 Å². The molecule has 0 fully saturated rings. The lowest BCUT2D eigenvalue weighted by Gasteiger charge is -2.40. The third-order valence-electron chi connectivity index (χ3n) is 9.12. The van der Waals surface area contributed by atoms with Gasteiger partial charge in [0, 0.05) is 0 Å². The third-order valence-corrected chi connectivity index (χ3v) is 13.3. The molecular weight excluding hydrogens is 745 g/mol. The van der Waals surface area contributed by atoms with E-state index in [9.17, 15) is 13.7 Å². The van der Waals surface area contributed by atoms with Gasteiger partial charge in [0.05, 0.1) is 46.2 Å². The highest BCUT2D eigenvalue weighted by atomic mass is 31.2. The van der Waals surface area contributed by atoms with Gasteiger partial charge in [-0.3, -0.25) is 40.7 Å². The van der Waals surface area contributed by atoms with Gasteiger partial charge in [0.15, 0.2) is 0 Å². The Morgan fingerprint density at radius 2 is 0.755 bits per heavy atom. The van der Waals surface area contributed by atoms with Crippen LogP contribution in [0.5, 0.6) is 0 Å². The summed E-state index contributed by atoms with van der Waals surface area (Å²) in [5.41, 5.74) is 5.46.